The molecule has 7 heteroatoms. The predicted octanol–water partition coefficient (Wildman–Crippen LogP) is 0.904. The third-order valence-electron chi connectivity index (χ3n) is 5.20. The number of hydrogen-bond donors (Lipinski definition) is 0. The normalized spacial score (nSPS) is 28.5. The first-order valence-corrected chi connectivity index (χ1v) is 10.1. The second-order valence-electron chi connectivity index (χ2n) is 6.60. The predicted molar refractivity (Wildman–Crippen MR) is 85.9 cm³/mol. The third kappa shape index (κ3) is 3.82. The van der Waals surface area contributed by atoms with E-state index < -0.39 is 10.2 Å². The molecule has 0 N–H and O–H groups in total. The first-order chi connectivity index (χ1) is 10.7. The van der Waals surface area contributed by atoms with Crippen LogP contribution in [0.5, 0.6) is 0 Å². The fourth-order valence-corrected chi connectivity index (χ4v) is 5.45. The topological polar surface area (TPSA) is 53.1 Å². The standard InChI is InChI=1S/C15H29N3O3S/c19-22(20,18-11-13-21-14-12-18)17-9-5-15(6-10-17)16-7-3-1-2-4-8-16/h15H,1-14H2. The molecule has 3 aliphatic rings. The van der Waals surface area contributed by atoms with Gasteiger partial charge in [-0.3, -0.25) is 0 Å². The fraction of sp³-hybridized carbons (Fsp3) is 1.00. The van der Waals surface area contributed by atoms with Gasteiger partial charge in [-0.15, -0.1) is 0 Å². The average molecular weight is 331 g/mol. The summed E-state index contributed by atoms with van der Waals surface area (Å²) in [6.45, 7) is 5.75. The Hall–Kier alpha value is -0.210. The third-order valence-corrected chi connectivity index (χ3v) is 7.24. The van der Waals surface area contributed by atoms with Crippen LogP contribution in [0.15, 0.2) is 0 Å². The van der Waals surface area contributed by atoms with Gasteiger partial charge in [0.1, 0.15) is 0 Å². The molecule has 3 rings (SSSR count). The van der Waals surface area contributed by atoms with Crippen molar-refractivity contribution >= 4 is 10.2 Å². The average Bonchev–Trinajstić information content (AvgIpc) is 2.85. The molecule has 3 aliphatic heterocycles. The summed E-state index contributed by atoms with van der Waals surface area (Å²) in [5.74, 6) is 0. The number of piperidine rings is 1. The van der Waals surface area contributed by atoms with E-state index in [0.717, 1.165) is 12.8 Å². The zero-order valence-corrected chi connectivity index (χ0v) is 14.3. The lowest BCUT2D eigenvalue weighted by molar-refractivity contribution is 0.0682. The van der Waals surface area contributed by atoms with Crippen LogP contribution in [0.1, 0.15) is 38.5 Å². The maximum absolute atomic E-state index is 12.7. The van der Waals surface area contributed by atoms with Gasteiger partial charge in [0.25, 0.3) is 10.2 Å². The highest BCUT2D eigenvalue weighted by atomic mass is 32.2. The maximum Gasteiger partial charge on any atom is 0.282 e. The summed E-state index contributed by atoms with van der Waals surface area (Å²) in [5.41, 5.74) is 0. The number of nitrogens with zero attached hydrogens (tertiary/aromatic N) is 3. The van der Waals surface area contributed by atoms with Crippen LogP contribution < -0.4 is 0 Å². The molecule has 0 atom stereocenters. The lowest BCUT2D eigenvalue weighted by Crippen LogP contribution is -2.53. The molecule has 3 heterocycles. The zero-order chi connectivity index (χ0) is 15.4. The van der Waals surface area contributed by atoms with Crippen molar-refractivity contribution in [3.63, 3.8) is 0 Å². The van der Waals surface area contributed by atoms with E-state index in [1.54, 1.807) is 8.61 Å². The van der Waals surface area contributed by atoms with Crippen molar-refractivity contribution in [1.82, 2.24) is 13.5 Å². The van der Waals surface area contributed by atoms with Crippen LogP contribution >= 0.6 is 0 Å². The van der Waals surface area contributed by atoms with Gasteiger partial charge >= 0.3 is 0 Å². The lowest BCUT2D eigenvalue weighted by atomic mass is 10.0. The van der Waals surface area contributed by atoms with Gasteiger partial charge in [-0.2, -0.15) is 17.0 Å². The molecule has 128 valence electrons. The second-order valence-corrected chi connectivity index (χ2v) is 8.53. The molecule has 0 amide bonds. The maximum atomic E-state index is 12.7. The highest BCUT2D eigenvalue weighted by Gasteiger charge is 2.35. The van der Waals surface area contributed by atoms with Crippen molar-refractivity contribution in [2.75, 3.05) is 52.5 Å². The van der Waals surface area contributed by atoms with Crippen LogP contribution in [0.3, 0.4) is 0 Å². The highest BCUT2D eigenvalue weighted by Crippen LogP contribution is 2.23. The van der Waals surface area contributed by atoms with Gasteiger partial charge in [-0.1, -0.05) is 12.8 Å². The molecule has 3 saturated heterocycles. The van der Waals surface area contributed by atoms with Crippen molar-refractivity contribution in [3.8, 4) is 0 Å². The van der Waals surface area contributed by atoms with E-state index in [4.69, 9.17) is 4.74 Å². The van der Waals surface area contributed by atoms with Crippen molar-refractivity contribution in [1.29, 1.82) is 0 Å². The minimum Gasteiger partial charge on any atom is -0.379 e. The largest absolute Gasteiger partial charge is 0.379 e. The molecule has 0 bridgehead atoms. The summed E-state index contributed by atoms with van der Waals surface area (Å²) in [4.78, 5) is 2.60. The van der Waals surface area contributed by atoms with Crippen molar-refractivity contribution < 1.29 is 13.2 Å². The molecule has 6 nitrogen and oxygen atoms in total. The van der Waals surface area contributed by atoms with Crippen LogP contribution in [-0.4, -0.2) is 80.5 Å². The second kappa shape index (κ2) is 7.57. The minimum absolute atomic E-state index is 0.494. The van der Waals surface area contributed by atoms with Crippen LogP contribution in [0.2, 0.25) is 0 Å². The van der Waals surface area contributed by atoms with E-state index in [-0.39, 0.29) is 0 Å². The first kappa shape index (κ1) is 16.6. The van der Waals surface area contributed by atoms with Crippen LogP contribution in [0, 0.1) is 0 Å². The Bertz CT molecular complexity index is 435. The van der Waals surface area contributed by atoms with E-state index in [1.165, 1.54) is 38.8 Å². The van der Waals surface area contributed by atoms with E-state index in [2.05, 4.69) is 4.90 Å². The lowest BCUT2D eigenvalue weighted by Gasteiger charge is -2.39. The number of hydrogen-bond acceptors (Lipinski definition) is 4. The van der Waals surface area contributed by atoms with E-state index in [1.807, 2.05) is 0 Å². The quantitative estimate of drug-likeness (QED) is 0.771. The molecule has 0 unspecified atom stereocenters. The Morgan fingerprint density at radius 1 is 0.727 bits per heavy atom. The Morgan fingerprint density at radius 2 is 1.27 bits per heavy atom. The molecule has 0 aromatic carbocycles. The molecular weight excluding hydrogens is 302 g/mol. The number of morpholine rings is 1. The summed E-state index contributed by atoms with van der Waals surface area (Å²) in [5, 5.41) is 0. The molecule has 0 aromatic rings. The van der Waals surface area contributed by atoms with Crippen LogP contribution in [0.4, 0.5) is 0 Å². The molecule has 0 aromatic heterocycles. The SMILES string of the molecule is O=S(=O)(N1CCOCC1)N1CCC(N2CCCCCC2)CC1. The van der Waals surface area contributed by atoms with Crippen molar-refractivity contribution in [2.24, 2.45) is 0 Å². The molecule has 0 saturated carbocycles. The van der Waals surface area contributed by atoms with Crippen molar-refractivity contribution in [3.05, 3.63) is 0 Å². The summed E-state index contributed by atoms with van der Waals surface area (Å²) in [6, 6.07) is 0.578. The van der Waals surface area contributed by atoms with Gasteiger partial charge in [0.15, 0.2) is 0 Å². The fourth-order valence-electron chi connectivity index (χ4n) is 3.84. The number of ether oxygens (including phenoxy) is 1. The Kier molecular flexibility index (Phi) is 5.73. The summed E-state index contributed by atoms with van der Waals surface area (Å²) < 4.78 is 33.9. The van der Waals surface area contributed by atoms with E-state index >= 15 is 0 Å². The molecule has 0 spiro atoms. The number of rotatable bonds is 3. The Balaban J connectivity index is 1.54. The molecule has 0 radical (unpaired) electrons. The molecule has 22 heavy (non-hydrogen) atoms. The summed E-state index contributed by atoms with van der Waals surface area (Å²) in [7, 11) is -3.28. The monoisotopic (exact) mass is 331 g/mol. The highest BCUT2D eigenvalue weighted by molar-refractivity contribution is 7.86. The van der Waals surface area contributed by atoms with Gasteiger partial charge < -0.3 is 9.64 Å². The summed E-state index contributed by atoms with van der Waals surface area (Å²) >= 11 is 0. The van der Waals surface area contributed by atoms with E-state index in [0.29, 0.717) is 45.4 Å². The van der Waals surface area contributed by atoms with Crippen molar-refractivity contribution in [2.45, 2.75) is 44.6 Å². The van der Waals surface area contributed by atoms with Gasteiger partial charge in [-0.05, 0) is 38.8 Å². The van der Waals surface area contributed by atoms with Crippen LogP contribution in [0.25, 0.3) is 0 Å². The van der Waals surface area contributed by atoms with E-state index in [9.17, 15) is 8.42 Å². The van der Waals surface area contributed by atoms with Gasteiger partial charge in [0, 0.05) is 32.2 Å². The van der Waals surface area contributed by atoms with Crippen LogP contribution in [-0.2, 0) is 14.9 Å². The zero-order valence-electron chi connectivity index (χ0n) is 13.5. The smallest absolute Gasteiger partial charge is 0.282 e. The number of likely N-dealkylation sites (tertiary alicyclic amines) is 1. The molecular formula is C15H29N3O3S. The Morgan fingerprint density at radius 3 is 1.86 bits per heavy atom. The van der Waals surface area contributed by atoms with Gasteiger partial charge in [0.2, 0.25) is 0 Å². The molecule has 3 fully saturated rings. The Labute approximate surface area is 134 Å². The molecule has 0 aliphatic carbocycles. The van der Waals surface area contributed by atoms with Gasteiger partial charge in [0.05, 0.1) is 13.2 Å². The summed E-state index contributed by atoms with van der Waals surface area (Å²) in [6.07, 6.45) is 7.24. The minimum atomic E-state index is -3.28. The van der Waals surface area contributed by atoms with Gasteiger partial charge in [-0.25, -0.2) is 0 Å². The first-order valence-electron chi connectivity index (χ1n) is 8.75.